The summed E-state index contributed by atoms with van der Waals surface area (Å²) in [6, 6.07) is 5.82. The van der Waals surface area contributed by atoms with E-state index >= 15 is 0 Å². The zero-order valence-corrected chi connectivity index (χ0v) is 13.3. The van der Waals surface area contributed by atoms with Gasteiger partial charge in [-0.15, -0.1) is 0 Å². The molecule has 2 amide bonds. The predicted molar refractivity (Wildman–Crippen MR) is 83.7 cm³/mol. The van der Waals surface area contributed by atoms with Crippen LogP contribution in [0.4, 0.5) is 10.5 Å². The number of benzene rings is 1. The summed E-state index contributed by atoms with van der Waals surface area (Å²) in [5.41, 5.74) is 0.341. The molecule has 0 aromatic heterocycles. The minimum atomic E-state index is -1.02. The van der Waals surface area contributed by atoms with Crippen LogP contribution in [0.1, 0.15) is 51.4 Å². The quantitative estimate of drug-likeness (QED) is 0.791. The van der Waals surface area contributed by atoms with Gasteiger partial charge in [0, 0.05) is 11.2 Å². The van der Waals surface area contributed by atoms with Crippen LogP contribution in [0.15, 0.2) is 24.3 Å². The van der Waals surface area contributed by atoms with Crippen molar-refractivity contribution in [2.24, 2.45) is 5.41 Å². The second-order valence-electron chi connectivity index (χ2n) is 7.09. The number of aromatic carboxylic acids is 1. The van der Waals surface area contributed by atoms with Crippen molar-refractivity contribution in [2.45, 2.75) is 46.6 Å². The Morgan fingerprint density at radius 1 is 1.14 bits per heavy atom. The van der Waals surface area contributed by atoms with Gasteiger partial charge >= 0.3 is 12.0 Å². The molecule has 5 nitrogen and oxygen atoms in total. The first-order valence-corrected chi connectivity index (χ1v) is 6.91. The van der Waals surface area contributed by atoms with Crippen LogP contribution >= 0.6 is 0 Å². The molecule has 0 bridgehead atoms. The third-order valence-electron chi connectivity index (χ3n) is 2.79. The molecule has 1 aromatic carbocycles. The maximum absolute atomic E-state index is 12.0. The number of hydrogen-bond donors (Lipinski definition) is 3. The topological polar surface area (TPSA) is 78.4 Å². The summed E-state index contributed by atoms with van der Waals surface area (Å²) in [5, 5.41) is 14.5. The van der Waals surface area contributed by atoms with E-state index < -0.39 is 5.97 Å². The van der Waals surface area contributed by atoms with Gasteiger partial charge in [-0.3, -0.25) is 0 Å². The predicted octanol–water partition coefficient (Wildman–Crippen LogP) is 3.72. The lowest BCUT2D eigenvalue weighted by Crippen LogP contribution is -2.47. The van der Waals surface area contributed by atoms with Crippen LogP contribution in [0.25, 0.3) is 0 Å². The summed E-state index contributed by atoms with van der Waals surface area (Å²) < 4.78 is 0. The number of carboxylic acids is 1. The van der Waals surface area contributed by atoms with Crippen molar-refractivity contribution in [1.29, 1.82) is 0 Å². The molecule has 3 N–H and O–H groups in total. The number of carbonyl (C=O) groups excluding carboxylic acids is 1. The minimum absolute atomic E-state index is 0.0972. The molecule has 0 saturated carbocycles. The molecule has 0 saturated heterocycles. The standard InChI is InChI=1S/C16H24N2O3/c1-15(2,3)10-16(4,5)18-14(21)17-12-8-6-7-11(9-12)13(19)20/h6-9H,10H2,1-5H3,(H,19,20)(H2,17,18,21). The minimum Gasteiger partial charge on any atom is -0.478 e. The van der Waals surface area contributed by atoms with E-state index in [9.17, 15) is 9.59 Å². The fraction of sp³-hybridized carbons (Fsp3) is 0.500. The molecule has 1 rings (SSSR count). The molecule has 0 aliphatic heterocycles. The van der Waals surface area contributed by atoms with Gasteiger partial charge in [-0.05, 0) is 43.9 Å². The van der Waals surface area contributed by atoms with Crippen LogP contribution < -0.4 is 10.6 Å². The van der Waals surface area contributed by atoms with E-state index in [4.69, 9.17) is 5.11 Å². The lowest BCUT2D eigenvalue weighted by Gasteiger charge is -2.33. The third kappa shape index (κ3) is 6.29. The van der Waals surface area contributed by atoms with E-state index in [1.165, 1.54) is 12.1 Å². The van der Waals surface area contributed by atoms with Gasteiger partial charge < -0.3 is 15.7 Å². The van der Waals surface area contributed by atoms with Gasteiger partial charge in [0.1, 0.15) is 0 Å². The van der Waals surface area contributed by atoms with Crippen LogP contribution in [0.5, 0.6) is 0 Å². The second kappa shape index (κ2) is 6.16. The lowest BCUT2D eigenvalue weighted by molar-refractivity contribution is 0.0697. The van der Waals surface area contributed by atoms with Gasteiger partial charge in [-0.2, -0.15) is 0 Å². The van der Waals surface area contributed by atoms with Crippen molar-refractivity contribution >= 4 is 17.7 Å². The number of amides is 2. The summed E-state index contributed by atoms with van der Waals surface area (Å²) >= 11 is 0. The molecular weight excluding hydrogens is 268 g/mol. The Morgan fingerprint density at radius 3 is 2.29 bits per heavy atom. The highest BCUT2D eigenvalue weighted by atomic mass is 16.4. The molecule has 0 unspecified atom stereocenters. The van der Waals surface area contributed by atoms with E-state index in [2.05, 4.69) is 31.4 Å². The molecule has 0 aliphatic rings. The fourth-order valence-corrected chi connectivity index (χ4v) is 2.57. The normalized spacial score (nSPS) is 11.9. The van der Waals surface area contributed by atoms with E-state index in [1.807, 2.05) is 13.8 Å². The van der Waals surface area contributed by atoms with Crippen LogP contribution in [0, 0.1) is 5.41 Å². The Labute approximate surface area is 125 Å². The molecule has 0 spiro atoms. The Morgan fingerprint density at radius 2 is 1.76 bits per heavy atom. The first kappa shape index (κ1) is 17.0. The molecule has 0 heterocycles. The summed E-state index contributed by atoms with van der Waals surface area (Å²) in [6.07, 6.45) is 0.822. The van der Waals surface area contributed by atoms with Crippen molar-refractivity contribution in [3.63, 3.8) is 0 Å². The fourth-order valence-electron chi connectivity index (χ4n) is 2.57. The molecule has 0 aliphatic carbocycles. The first-order valence-electron chi connectivity index (χ1n) is 6.91. The molecule has 21 heavy (non-hydrogen) atoms. The van der Waals surface area contributed by atoms with Crippen molar-refractivity contribution in [3.8, 4) is 0 Å². The van der Waals surface area contributed by atoms with Crippen molar-refractivity contribution < 1.29 is 14.7 Å². The monoisotopic (exact) mass is 292 g/mol. The Balaban J connectivity index is 2.69. The summed E-state index contributed by atoms with van der Waals surface area (Å²) in [5.74, 6) is -1.02. The molecular formula is C16H24N2O3. The maximum atomic E-state index is 12.0. The Bertz CT molecular complexity index is 531. The molecule has 5 heteroatoms. The second-order valence-corrected chi connectivity index (χ2v) is 7.09. The van der Waals surface area contributed by atoms with E-state index in [0.29, 0.717) is 5.69 Å². The van der Waals surface area contributed by atoms with E-state index in [1.54, 1.807) is 12.1 Å². The summed E-state index contributed by atoms with van der Waals surface area (Å²) in [4.78, 5) is 22.9. The highest BCUT2D eigenvalue weighted by molar-refractivity contribution is 5.93. The summed E-state index contributed by atoms with van der Waals surface area (Å²) in [6.45, 7) is 10.3. The highest BCUT2D eigenvalue weighted by Gasteiger charge is 2.27. The highest BCUT2D eigenvalue weighted by Crippen LogP contribution is 2.26. The molecule has 116 valence electrons. The number of urea groups is 1. The van der Waals surface area contributed by atoms with Crippen LogP contribution in [0.3, 0.4) is 0 Å². The average Bonchev–Trinajstić information content (AvgIpc) is 2.24. The number of rotatable bonds is 4. The average molecular weight is 292 g/mol. The van der Waals surface area contributed by atoms with Crippen LogP contribution in [-0.4, -0.2) is 22.6 Å². The van der Waals surface area contributed by atoms with Gasteiger partial charge in [0.25, 0.3) is 0 Å². The molecule has 0 atom stereocenters. The van der Waals surface area contributed by atoms with Gasteiger partial charge in [0.05, 0.1) is 5.56 Å². The first-order chi connectivity index (χ1) is 9.48. The Hall–Kier alpha value is -2.04. The van der Waals surface area contributed by atoms with Crippen molar-refractivity contribution in [1.82, 2.24) is 5.32 Å². The number of carbonyl (C=O) groups is 2. The number of anilines is 1. The van der Waals surface area contributed by atoms with Crippen molar-refractivity contribution in [3.05, 3.63) is 29.8 Å². The zero-order valence-electron chi connectivity index (χ0n) is 13.3. The number of hydrogen-bond acceptors (Lipinski definition) is 2. The number of carboxylic acid groups (broad SMARTS) is 1. The SMILES string of the molecule is CC(C)(C)CC(C)(C)NC(=O)Nc1cccc(C(=O)O)c1. The molecule has 1 aromatic rings. The molecule has 0 fully saturated rings. The van der Waals surface area contributed by atoms with Gasteiger partial charge in [0.15, 0.2) is 0 Å². The smallest absolute Gasteiger partial charge is 0.335 e. The largest absolute Gasteiger partial charge is 0.478 e. The summed E-state index contributed by atoms with van der Waals surface area (Å²) in [7, 11) is 0. The number of nitrogens with one attached hydrogen (secondary N) is 2. The maximum Gasteiger partial charge on any atom is 0.335 e. The lowest BCUT2D eigenvalue weighted by atomic mass is 9.82. The third-order valence-corrected chi connectivity index (χ3v) is 2.79. The Kier molecular flexibility index (Phi) is 4.99. The van der Waals surface area contributed by atoms with E-state index in [0.717, 1.165) is 6.42 Å². The van der Waals surface area contributed by atoms with Crippen LogP contribution in [-0.2, 0) is 0 Å². The van der Waals surface area contributed by atoms with Gasteiger partial charge in [-0.25, -0.2) is 9.59 Å². The van der Waals surface area contributed by atoms with Crippen molar-refractivity contribution in [2.75, 3.05) is 5.32 Å². The van der Waals surface area contributed by atoms with E-state index in [-0.39, 0.29) is 22.5 Å². The zero-order chi connectivity index (χ0) is 16.3. The molecule has 0 radical (unpaired) electrons. The van der Waals surface area contributed by atoms with Crippen LogP contribution in [0.2, 0.25) is 0 Å². The van der Waals surface area contributed by atoms with Gasteiger partial charge in [-0.1, -0.05) is 26.8 Å². The van der Waals surface area contributed by atoms with Gasteiger partial charge in [0.2, 0.25) is 0 Å².